The highest BCUT2D eigenvalue weighted by atomic mass is 16.6. The Balaban J connectivity index is 1.04. The van der Waals surface area contributed by atoms with Crippen LogP contribution in [-0.2, 0) is 48.0 Å². The Hall–Kier alpha value is -7.15. The van der Waals surface area contributed by atoms with Gasteiger partial charge in [0.1, 0.15) is 30.5 Å². The van der Waals surface area contributed by atoms with Crippen LogP contribution in [0.2, 0.25) is 0 Å². The van der Waals surface area contributed by atoms with E-state index in [1.165, 1.54) is 10.5 Å². The second kappa shape index (κ2) is 26.3. The molecule has 0 fully saturated rings. The second-order valence-electron chi connectivity index (χ2n) is 20.2. The van der Waals surface area contributed by atoms with Gasteiger partial charge >= 0.3 is 24.2 Å². The summed E-state index contributed by atoms with van der Waals surface area (Å²) >= 11 is 0. The van der Waals surface area contributed by atoms with Crippen molar-refractivity contribution in [3.8, 4) is 22.3 Å². The van der Waals surface area contributed by atoms with Gasteiger partial charge in [-0.25, -0.2) is 19.2 Å². The maximum Gasteiger partial charge on any atom is 0.407 e. The van der Waals surface area contributed by atoms with Crippen LogP contribution in [0.15, 0.2) is 127 Å². The number of nitrogens with one attached hydrogen (secondary N) is 3. The minimum absolute atomic E-state index is 0.0403. The zero-order valence-corrected chi connectivity index (χ0v) is 42.8. The zero-order chi connectivity index (χ0) is 51.5. The van der Waals surface area contributed by atoms with Crippen LogP contribution in [0.5, 0.6) is 0 Å². The summed E-state index contributed by atoms with van der Waals surface area (Å²) in [4.78, 5) is 67.5. The lowest BCUT2D eigenvalue weighted by Crippen LogP contribution is -2.50. The van der Waals surface area contributed by atoms with Gasteiger partial charge in [-0.1, -0.05) is 127 Å². The molecule has 13 heteroatoms. The molecule has 4 amide bonds. The lowest BCUT2D eigenvalue weighted by Gasteiger charge is -2.33. The first-order valence-corrected chi connectivity index (χ1v) is 25.2. The van der Waals surface area contributed by atoms with Gasteiger partial charge in [0.2, 0.25) is 5.91 Å². The lowest BCUT2D eigenvalue weighted by molar-refractivity contribution is -0.165. The summed E-state index contributed by atoms with van der Waals surface area (Å²) in [5.74, 6) is -0.912. The first-order valence-electron chi connectivity index (χ1n) is 25.2. The van der Waals surface area contributed by atoms with Crippen molar-refractivity contribution in [1.29, 1.82) is 0 Å². The molecule has 0 aromatic heterocycles. The Morgan fingerprint density at radius 3 is 1.64 bits per heavy atom. The topological polar surface area (TPSA) is 162 Å². The van der Waals surface area contributed by atoms with Crippen molar-refractivity contribution in [3.63, 3.8) is 0 Å². The van der Waals surface area contributed by atoms with E-state index in [0.29, 0.717) is 32.4 Å². The van der Waals surface area contributed by atoms with E-state index < -0.39 is 41.5 Å². The van der Waals surface area contributed by atoms with Crippen LogP contribution in [0.4, 0.5) is 14.4 Å². The van der Waals surface area contributed by atoms with E-state index in [1.54, 1.807) is 41.5 Å². The van der Waals surface area contributed by atoms with Gasteiger partial charge in [-0.05, 0) is 137 Å². The summed E-state index contributed by atoms with van der Waals surface area (Å²) in [5.41, 5.74) is 8.23. The first-order chi connectivity index (χ1) is 34.5. The van der Waals surface area contributed by atoms with Gasteiger partial charge in [0.25, 0.3) is 0 Å². The maximum atomic E-state index is 14.4. The van der Waals surface area contributed by atoms with Crippen molar-refractivity contribution in [2.75, 3.05) is 32.8 Å². The number of unbranched alkanes of at least 4 members (excludes halogenated alkanes) is 2. The minimum Gasteiger partial charge on any atom is -0.458 e. The normalized spacial score (nSPS) is 12.4. The number of rotatable bonds is 23. The molecule has 0 bridgehead atoms. The smallest absolute Gasteiger partial charge is 0.407 e. The number of carbonyl (C=O) groups excluding carboxylic acids is 5. The maximum absolute atomic E-state index is 14.4. The van der Waals surface area contributed by atoms with Crippen LogP contribution in [0.3, 0.4) is 0 Å². The minimum atomic E-state index is -0.946. The predicted molar refractivity (Wildman–Crippen MR) is 280 cm³/mol. The summed E-state index contributed by atoms with van der Waals surface area (Å²) < 4.78 is 22.3. The number of carbonyl (C=O) groups is 5. The molecular formula is C59H72N4O9. The number of hydrogen-bond acceptors (Lipinski definition) is 9. The summed E-state index contributed by atoms with van der Waals surface area (Å²) in [6.45, 7) is 12.1. The fourth-order valence-electron chi connectivity index (χ4n) is 8.66. The largest absolute Gasteiger partial charge is 0.458 e. The average Bonchev–Trinajstić information content (AvgIpc) is 3.67. The second-order valence-corrected chi connectivity index (χ2v) is 20.2. The number of nitrogens with zero attached hydrogens (tertiary/aromatic N) is 1. The fraction of sp³-hybridized carbons (Fsp3) is 0.407. The van der Waals surface area contributed by atoms with E-state index in [9.17, 15) is 24.0 Å². The Bertz CT molecular complexity index is 2510. The number of benzene rings is 5. The Kier molecular flexibility index (Phi) is 19.8. The average molecular weight is 981 g/mol. The Morgan fingerprint density at radius 1 is 0.528 bits per heavy atom. The first kappa shape index (κ1) is 54.2. The number of ether oxygens (including phenoxy) is 4. The predicted octanol–water partition coefficient (Wildman–Crippen LogP) is 11.3. The molecule has 0 spiro atoms. The molecule has 0 aliphatic heterocycles. The molecule has 1 aliphatic carbocycles. The number of amides is 4. The van der Waals surface area contributed by atoms with E-state index in [0.717, 1.165) is 63.8 Å². The molecule has 5 aromatic carbocycles. The molecule has 1 atom stereocenters. The third kappa shape index (κ3) is 17.3. The van der Waals surface area contributed by atoms with E-state index >= 15 is 0 Å². The summed E-state index contributed by atoms with van der Waals surface area (Å²) in [5, 5.41) is 8.42. The summed E-state index contributed by atoms with van der Waals surface area (Å²) in [6.07, 6.45) is 2.92. The van der Waals surface area contributed by atoms with Crippen molar-refractivity contribution in [3.05, 3.63) is 155 Å². The van der Waals surface area contributed by atoms with Gasteiger partial charge in [0.15, 0.2) is 0 Å². The lowest BCUT2D eigenvalue weighted by atomic mass is 9.98. The van der Waals surface area contributed by atoms with Gasteiger partial charge in [-0.3, -0.25) is 4.79 Å². The highest BCUT2D eigenvalue weighted by Gasteiger charge is 2.34. The van der Waals surface area contributed by atoms with Crippen LogP contribution >= 0.6 is 0 Å². The molecule has 6 rings (SSSR count). The molecule has 13 nitrogen and oxygen atoms in total. The molecule has 1 aliphatic rings. The van der Waals surface area contributed by atoms with Gasteiger partial charge in [0.05, 0.1) is 0 Å². The van der Waals surface area contributed by atoms with Crippen molar-refractivity contribution < 1.29 is 42.9 Å². The van der Waals surface area contributed by atoms with Crippen molar-refractivity contribution in [2.24, 2.45) is 0 Å². The monoisotopic (exact) mass is 981 g/mol. The summed E-state index contributed by atoms with van der Waals surface area (Å²) in [6, 6.07) is 41.5. The molecule has 0 saturated carbocycles. The molecular weight excluding hydrogens is 909 g/mol. The molecule has 3 N–H and O–H groups in total. The van der Waals surface area contributed by atoms with Crippen molar-refractivity contribution in [1.82, 2.24) is 20.9 Å². The van der Waals surface area contributed by atoms with E-state index in [4.69, 9.17) is 18.9 Å². The van der Waals surface area contributed by atoms with Gasteiger partial charge in [-0.15, -0.1) is 0 Å². The Labute approximate surface area is 425 Å². The molecule has 382 valence electrons. The number of alkyl carbamates (subject to hydrolysis) is 3. The molecule has 5 aromatic rings. The van der Waals surface area contributed by atoms with Crippen LogP contribution < -0.4 is 16.0 Å². The number of hydrogen-bond donors (Lipinski definition) is 3. The highest BCUT2D eigenvalue weighted by molar-refractivity contribution is 5.85. The Morgan fingerprint density at radius 2 is 1.04 bits per heavy atom. The third-order valence-electron chi connectivity index (χ3n) is 12.2. The van der Waals surface area contributed by atoms with Crippen molar-refractivity contribution in [2.45, 2.75) is 123 Å². The quantitative estimate of drug-likeness (QED) is 0.0329. The molecule has 72 heavy (non-hydrogen) atoms. The van der Waals surface area contributed by atoms with Crippen LogP contribution in [0.25, 0.3) is 22.3 Å². The molecule has 0 heterocycles. The standard InChI is InChI=1S/C59H72N4O9/c1-58(2,3)71-54(65)52(25-15-17-37-61-57(68)72-59(4,5)6)63(39-38-62-56(67)70-41-51-49-23-12-10-21-47(49)48-22-11-13-24-50(48)51)53(64)35-30-43-28-33-46(34-29-43)45-31-26-42(27-32-45)18-14-16-36-60-55(66)69-40-44-19-8-7-9-20-44/h7-13,19-24,26-29,31-34,51-52H,14-18,25,30,35-41H2,1-6H3,(H,60,66)(H,61,68)(H,62,67)/t52-/m0/s1. The number of fused-ring (bicyclic) bond motifs is 3. The molecule has 0 unspecified atom stereocenters. The SMILES string of the molecule is CC(C)(C)OC(=O)NCCCC[C@@H](C(=O)OC(C)(C)C)N(CCNC(=O)OCC1c2ccccc2-c2ccccc21)C(=O)CCc1ccc(-c2ccc(CCCCNC(=O)OCc3ccccc3)cc2)cc1. The van der Waals surface area contributed by atoms with Crippen LogP contribution in [-0.4, -0.2) is 85.1 Å². The number of esters is 1. The van der Waals surface area contributed by atoms with Gasteiger partial charge < -0.3 is 39.8 Å². The number of aryl methyl sites for hydroxylation is 2. The summed E-state index contributed by atoms with van der Waals surface area (Å²) in [7, 11) is 0. The molecule has 0 radical (unpaired) electrons. The van der Waals surface area contributed by atoms with Gasteiger partial charge in [-0.2, -0.15) is 0 Å². The van der Waals surface area contributed by atoms with Crippen LogP contribution in [0.1, 0.15) is 114 Å². The third-order valence-corrected chi connectivity index (χ3v) is 12.2. The molecule has 0 saturated heterocycles. The van der Waals surface area contributed by atoms with E-state index in [-0.39, 0.29) is 51.0 Å². The van der Waals surface area contributed by atoms with Crippen molar-refractivity contribution >= 4 is 30.2 Å². The van der Waals surface area contributed by atoms with Gasteiger partial charge in [0, 0.05) is 38.5 Å². The van der Waals surface area contributed by atoms with Crippen LogP contribution in [0, 0.1) is 0 Å². The van der Waals surface area contributed by atoms with E-state index in [2.05, 4.69) is 64.5 Å². The zero-order valence-electron chi connectivity index (χ0n) is 42.8. The van der Waals surface area contributed by atoms with E-state index in [1.807, 2.05) is 78.9 Å². The highest BCUT2D eigenvalue weighted by Crippen LogP contribution is 2.44. The fourth-order valence-corrected chi connectivity index (χ4v) is 8.66.